The molecule has 5 heteroatoms. The lowest BCUT2D eigenvalue weighted by atomic mass is 10.0. The van der Waals surface area contributed by atoms with E-state index in [0.717, 1.165) is 16.7 Å². The summed E-state index contributed by atoms with van der Waals surface area (Å²) < 4.78 is 11.1. The molecule has 1 atom stereocenters. The van der Waals surface area contributed by atoms with Crippen LogP contribution in [-0.4, -0.2) is 18.0 Å². The zero-order chi connectivity index (χ0) is 21.5. The average molecular weight is 403 g/mol. The number of esters is 1. The lowest BCUT2D eigenvalue weighted by molar-refractivity contribution is -0.123. The smallest absolute Gasteiger partial charge is 0.339 e. The summed E-state index contributed by atoms with van der Waals surface area (Å²) in [6, 6.07) is 22.4. The van der Waals surface area contributed by atoms with E-state index >= 15 is 0 Å². The maximum Gasteiger partial charge on any atom is 0.339 e. The molecule has 0 aliphatic rings. The Morgan fingerprint density at radius 3 is 2.30 bits per heavy atom. The van der Waals surface area contributed by atoms with Crippen LogP contribution in [0.25, 0.3) is 0 Å². The number of carbonyl (C=O) groups excluding carboxylic acids is 2. The average Bonchev–Trinajstić information content (AvgIpc) is 2.75. The summed E-state index contributed by atoms with van der Waals surface area (Å²) in [4.78, 5) is 24.8. The Hall–Kier alpha value is -3.60. The first-order valence-corrected chi connectivity index (χ1v) is 9.79. The molecule has 0 aliphatic carbocycles. The molecule has 0 aliphatic heterocycles. The van der Waals surface area contributed by atoms with E-state index < -0.39 is 18.0 Å². The van der Waals surface area contributed by atoms with E-state index in [1.807, 2.05) is 50.2 Å². The van der Waals surface area contributed by atoms with Gasteiger partial charge < -0.3 is 14.8 Å². The normalized spacial score (nSPS) is 11.4. The van der Waals surface area contributed by atoms with Crippen molar-refractivity contribution in [1.29, 1.82) is 0 Å². The van der Waals surface area contributed by atoms with Gasteiger partial charge in [0, 0.05) is 5.69 Å². The molecule has 3 aromatic rings. The van der Waals surface area contributed by atoms with E-state index in [4.69, 9.17) is 9.47 Å². The molecule has 0 saturated heterocycles. The van der Waals surface area contributed by atoms with Crippen LogP contribution in [-0.2, 0) is 16.1 Å². The number of aryl methyl sites for hydroxylation is 1. The molecule has 1 amide bonds. The number of benzene rings is 3. The summed E-state index contributed by atoms with van der Waals surface area (Å²) in [5.41, 5.74) is 3.99. The summed E-state index contributed by atoms with van der Waals surface area (Å²) in [5.74, 6) is -0.207. The Morgan fingerprint density at radius 2 is 1.60 bits per heavy atom. The largest absolute Gasteiger partial charge is 0.489 e. The van der Waals surface area contributed by atoms with Crippen molar-refractivity contribution in [2.45, 2.75) is 33.5 Å². The summed E-state index contributed by atoms with van der Waals surface area (Å²) >= 11 is 0. The minimum Gasteiger partial charge on any atom is -0.489 e. The molecule has 0 unspecified atom stereocenters. The SMILES string of the molecule is Cc1cccc(C(=O)O[C@@H](C)C(=O)Nc2ccc(OCc3ccccc3)cc2)c1C. The molecule has 0 heterocycles. The molecule has 0 saturated carbocycles. The number of nitrogens with one attached hydrogen (secondary N) is 1. The van der Waals surface area contributed by atoms with Crippen LogP contribution in [0.4, 0.5) is 5.69 Å². The van der Waals surface area contributed by atoms with Crippen molar-refractivity contribution in [1.82, 2.24) is 0 Å². The standard InChI is InChI=1S/C25H25NO4/c1-17-8-7-11-23(18(17)2)25(28)30-19(3)24(27)26-21-12-14-22(15-13-21)29-16-20-9-5-4-6-10-20/h4-15,19H,16H2,1-3H3,(H,26,27)/t19-/m0/s1. The van der Waals surface area contributed by atoms with Crippen LogP contribution in [0.1, 0.15) is 34.0 Å². The van der Waals surface area contributed by atoms with E-state index in [0.29, 0.717) is 23.6 Å². The van der Waals surface area contributed by atoms with Gasteiger partial charge in [-0.2, -0.15) is 0 Å². The number of anilines is 1. The highest BCUT2D eigenvalue weighted by Gasteiger charge is 2.20. The van der Waals surface area contributed by atoms with Crippen LogP contribution in [0, 0.1) is 13.8 Å². The first kappa shape index (κ1) is 21.1. The Labute approximate surface area is 176 Å². The van der Waals surface area contributed by atoms with Crippen LogP contribution >= 0.6 is 0 Å². The third-order valence-electron chi connectivity index (χ3n) is 4.85. The van der Waals surface area contributed by atoms with Crippen molar-refractivity contribution in [2.24, 2.45) is 0 Å². The second-order valence-electron chi connectivity index (χ2n) is 7.08. The van der Waals surface area contributed by atoms with Gasteiger partial charge in [0.2, 0.25) is 0 Å². The number of carbonyl (C=O) groups is 2. The molecule has 0 spiro atoms. The lowest BCUT2D eigenvalue weighted by Gasteiger charge is -2.15. The van der Waals surface area contributed by atoms with Gasteiger partial charge in [-0.1, -0.05) is 42.5 Å². The highest BCUT2D eigenvalue weighted by Crippen LogP contribution is 2.18. The summed E-state index contributed by atoms with van der Waals surface area (Å²) in [7, 11) is 0. The molecule has 0 fully saturated rings. The van der Waals surface area contributed by atoms with Crippen LogP contribution < -0.4 is 10.1 Å². The van der Waals surface area contributed by atoms with Crippen molar-refractivity contribution in [3.05, 3.63) is 95.1 Å². The van der Waals surface area contributed by atoms with E-state index in [-0.39, 0.29) is 0 Å². The maximum atomic E-state index is 12.4. The topological polar surface area (TPSA) is 64.6 Å². The number of hydrogen-bond donors (Lipinski definition) is 1. The van der Waals surface area contributed by atoms with Crippen LogP contribution in [0.3, 0.4) is 0 Å². The molecule has 3 rings (SSSR count). The minimum absolute atomic E-state index is 0.397. The van der Waals surface area contributed by atoms with Gasteiger partial charge in [0.1, 0.15) is 12.4 Å². The van der Waals surface area contributed by atoms with Crippen molar-refractivity contribution in [3.63, 3.8) is 0 Å². The second-order valence-corrected chi connectivity index (χ2v) is 7.08. The van der Waals surface area contributed by atoms with E-state index in [9.17, 15) is 9.59 Å². The molecule has 30 heavy (non-hydrogen) atoms. The summed E-state index contributed by atoms with van der Waals surface area (Å²) in [6.45, 7) is 5.81. The summed E-state index contributed by atoms with van der Waals surface area (Å²) in [6.07, 6.45) is -0.925. The Bertz CT molecular complexity index is 1010. The van der Waals surface area contributed by atoms with Crippen molar-refractivity contribution in [3.8, 4) is 5.75 Å². The van der Waals surface area contributed by atoms with Gasteiger partial charge in [-0.15, -0.1) is 0 Å². The van der Waals surface area contributed by atoms with Gasteiger partial charge in [-0.3, -0.25) is 4.79 Å². The van der Waals surface area contributed by atoms with Crippen molar-refractivity contribution < 1.29 is 19.1 Å². The Balaban J connectivity index is 1.53. The van der Waals surface area contributed by atoms with Gasteiger partial charge in [-0.05, 0) is 67.8 Å². The van der Waals surface area contributed by atoms with Gasteiger partial charge in [0.05, 0.1) is 5.56 Å². The highest BCUT2D eigenvalue weighted by atomic mass is 16.5. The number of hydrogen-bond acceptors (Lipinski definition) is 4. The Kier molecular flexibility index (Phi) is 6.86. The van der Waals surface area contributed by atoms with E-state index in [1.165, 1.54) is 0 Å². The van der Waals surface area contributed by atoms with E-state index in [1.54, 1.807) is 43.3 Å². The summed E-state index contributed by atoms with van der Waals surface area (Å²) in [5, 5.41) is 2.75. The molecule has 0 radical (unpaired) electrons. The lowest BCUT2D eigenvalue weighted by Crippen LogP contribution is -2.30. The molecular weight excluding hydrogens is 378 g/mol. The first-order valence-electron chi connectivity index (χ1n) is 9.79. The third-order valence-corrected chi connectivity index (χ3v) is 4.85. The fourth-order valence-electron chi connectivity index (χ4n) is 2.87. The predicted octanol–water partition coefficient (Wildman–Crippen LogP) is 5.07. The predicted molar refractivity (Wildman–Crippen MR) is 117 cm³/mol. The first-order chi connectivity index (χ1) is 14.4. The quantitative estimate of drug-likeness (QED) is 0.560. The van der Waals surface area contributed by atoms with Crippen LogP contribution in [0.2, 0.25) is 0 Å². The monoisotopic (exact) mass is 403 g/mol. The van der Waals surface area contributed by atoms with Crippen molar-refractivity contribution in [2.75, 3.05) is 5.32 Å². The second kappa shape index (κ2) is 9.74. The molecule has 5 nitrogen and oxygen atoms in total. The van der Waals surface area contributed by atoms with Crippen molar-refractivity contribution >= 4 is 17.6 Å². The van der Waals surface area contributed by atoms with Gasteiger partial charge in [-0.25, -0.2) is 4.79 Å². The van der Waals surface area contributed by atoms with Gasteiger partial charge in [0.15, 0.2) is 6.10 Å². The third kappa shape index (κ3) is 5.47. The zero-order valence-corrected chi connectivity index (χ0v) is 17.3. The number of ether oxygens (including phenoxy) is 2. The maximum absolute atomic E-state index is 12.4. The number of amides is 1. The van der Waals surface area contributed by atoms with E-state index in [2.05, 4.69) is 5.32 Å². The van der Waals surface area contributed by atoms with Gasteiger partial charge >= 0.3 is 5.97 Å². The molecule has 3 aromatic carbocycles. The fourth-order valence-corrected chi connectivity index (χ4v) is 2.87. The Morgan fingerprint density at radius 1 is 0.900 bits per heavy atom. The fraction of sp³-hybridized carbons (Fsp3) is 0.200. The highest BCUT2D eigenvalue weighted by molar-refractivity contribution is 5.97. The molecular formula is C25H25NO4. The minimum atomic E-state index is -0.925. The molecule has 1 N–H and O–H groups in total. The number of rotatable bonds is 7. The molecule has 0 aromatic heterocycles. The molecule has 154 valence electrons. The van der Waals surface area contributed by atoms with Gasteiger partial charge in [0.25, 0.3) is 5.91 Å². The van der Waals surface area contributed by atoms with Crippen LogP contribution in [0.15, 0.2) is 72.8 Å². The molecule has 0 bridgehead atoms. The zero-order valence-electron chi connectivity index (χ0n) is 17.3. The van der Waals surface area contributed by atoms with Crippen LogP contribution in [0.5, 0.6) is 5.75 Å².